The van der Waals surface area contributed by atoms with Gasteiger partial charge in [0.15, 0.2) is 0 Å². The van der Waals surface area contributed by atoms with Crippen molar-refractivity contribution in [3.05, 3.63) is 101 Å². The van der Waals surface area contributed by atoms with Gasteiger partial charge in [-0.1, -0.05) is 79.2 Å². The molecule has 8 heteroatoms. The molecule has 0 bridgehead atoms. The largest absolute Gasteiger partial charge is 0.352 e. The van der Waals surface area contributed by atoms with Crippen LogP contribution in [0.1, 0.15) is 60.9 Å². The summed E-state index contributed by atoms with van der Waals surface area (Å²) in [5, 5.41) is 3.09. The van der Waals surface area contributed by atoms with E-state index in [4.69, 9.17) is 0 Å². The molecule has 0 aliphatic rings. The standard InChI is InChI=1S/C34H45N3O4S/c1-7-27(4)35-34(39)32(23-29-14-9-8-10-15-29)36(24-30-20-18-25(2)19-21-30)33(38)17-12-22-37(42(6,40)41)31-16-11-13-26(3)28(31)5/h8-11,13-16,18-21,27,32H,7,12,17,22-24H2,1-6H3,(H,35,39)/t27-,32+/m0/s1. The fraction of sp³-hybridized carbons (Fsp3) is 0.412. The molecule has 42 heavy (non-hydrogen) atoms. The van der Waals surface area contributed by atoms with Gasteiger partial charge in [-0.2, -0.15) is 0 Å². The van der Waals surface area contributed by atoms with Crippen molar-refractivity contribution < 1.29 is 18.0 Å². The summed E-state index contributed by atoms with van der Waals surface area (Å²) in [4.78, 5) is 29.3. The Bertz CT molecular complexity index is 1440. The summed E-state index contributed by atoms with van der Waals surface area (Å²) in [6, 6.07) is 22.5. The molecule has 3 aromatic rings. The second kappa shape index (κ2) is 15.0. The van der Waals surface area contributed by atoms with Crippen LogP contribution in [0.3, 0.4) is 0 Å². The van der Waals surface area contributed by atoms with Gasteiger partial charge in [-0.25, -0.2) is 8.42 Å². The molecule has 2 amide bonds. The number of sulfonamides is 1. The van der Waals surface area contributed by atoms with Gasteiger partial charge in [-0.3, -0.25) is 13.9 Å². The summed E-state index contributed by atoms with van der Waals surface area (Å²) in [7, 11) is -3.57. The van der Waals surface area contributed by atoms with Crippen LogP contribution in [0.2, 0.25) is 0 Å². The molecule has 2 atom stereocenters. The number of carbonyl (C=O) groups excluding carboxylic acids is 2. The lowest BCUT2D eigenvalue weighted by Crippen LogP contribution is -2.52. The van der Waals surface area contributed by atoms with Gasteiger partial charge in [-0.05, 0) is 68.9 Å². The smallest absolute Gasteiger partial charge is 0.243 e. The molecule has 7 nitrogen and oxygen atoms in total. The quantitative estimate of drug-likeness (QED) is 0.260. The molecular weight excluding hydrogens is 546 g/mol. The zero-order valence-electron chi connectivity index (χ0n) is 25.8. The second-order valence-electron chi connectivity index (χ2n) is 11.2. The highest BCUT2D eigenvalue weighted by molar-refractivity contribution is 7.92. The molecular formula is C34H45N3O4S. The molecule has 0 saturated carbocycles. The van der Waals surface area contributed by atoms with Gasteiger partial charge in [-0.15, -0.1) is 0 Å². The zero-order chi connectivity index (χ0) is 30.9. The summed E-state index contributed by atoms with van der Waals surface area (Å²) in [6.07, 6.45) is 2.75. The average Bonchev–Trinajstić information content (AvgIpc) is 2.95. The summed E-state index contributed by atoms with van der Waals surface area (Å²) in [5.41, 5.74) is 5.51. The second-order valence-corrected chi connectivity index (χ2v) is 13.1. The van der Waals surface area contributed by atoms with Crippen molar-refractivity contribution in [2.45, 2.75) is 78.9 Å². The van der Waals surface area contributed by atoms with Crippen LogP contribution in [0.5, 0.6) is 0 Å². The van der Waals surface area contributed by atoms with Crippen LogP contribution in [0.25, 0.3) is 0 Å². The van der Waals surface area contributed by atoms with Gasteiger partial charge in [0.2, 0.25) is 21.8 Å². The summed E-state index contributed by atoms with van der Waals surface area (Å²) >= 11 is 0. The van der Waals surface area contributed by atoms with Gasteiger partial charge in [0.05, 0.1) is 11.9 Å². The van der Waals surface area contributed by atoms with Crippen molar-refractivity contribution >= 4 is 27.5 Å². The molecule has 226 valence electrons. The van der Waals surface area contributed by atoms with E-state index in [0.717, 1.165) is 34.2 Å². The first-order chi connectivity index (χ1) is 19.9. The van der Waals surface area contributed by atoms with E-state index in [2.05, 4.69) is 5.32 Å². The number of amides is 2. The molecule has 1 N–H and O–H groups in total. The van der Waals surface area contributed by atoms with Gasteiger partial charge in [0.1, 0.15) is 6.04 Å². The minimum Gasteiger partial charge on any atom is -0.352 e. The van der Waals surface area contributed by atoms with Crippen molar-refractivity contribution in [3.8, 4) is 0 Å². The maximum Gasteiger partial charge on any atom is 0.243 e. The molecule has 0 unspecified atom stereocenters. The fourth-order valence-electron chi connectivity index (χ4n) is 4.87. The number of nitrogens with zero attached hydrogens (tertiary/aromatic N) is 2. The maximum absolute atomic E-state index is 14.0. The zero-order valence-corrected chi connectivity index (χ0v) is 26.6. The first kappa shape index (κ1) is 32.9. The van der Waals surface area contributed by atoms with E-state index >= 15 is 0 Å². The summed E-state index contributed by atoms with van der Waals surface area (Å²) in [6.45, 7) is 10.3. The van der Waals surface area contributed by atoms with E-state index < -0.39 is 16.1 Å². The van der Waals surface area contributed by atoms with Crippen LogP contribution >= 0.6 is 0 Å². The predicted octanol–water partition coefficient (Wildman–Crippen LogP) is 5.71. The van der Waals surface area contributed by atoms with Crippen molar-refractivity contribution in [2.75, 3.05) is 17.1 Å². The Morgan fingerprint density at radius 2 is 1.55 bits per heavy atom. The van der Waals surface area contributed by atoms with Crippen LogP contribution < -0.4 is 9.62 Å². The lowest BCUT2D eigenvalue weighted by Gasteiger charge is -2.33. The number of hydrogen-bond acceptors (Lipinski definition) is 4. The highest BCUT2D eigenvalue weighted by Gasteiger charge is 2.31. The molecule has 0 aliphatic carbocycles. The Balaban J connectivity index is 1.90. The lowest BCUT2D eigenvalue weighted by molar-refractivity contribution is -0.141. The number of rotatable bonds is 14. The maximum atomic E-state index is 14.0. The third kappa shape index (κ3) is 9.18. The molecule has 0 heterocycles. The molecule has 0 radical (unpaired) electrons. The third-order valence-electron chi connectivity index (χ3n) is 7.74. The van der Waals surface area contributed by atoms with Gasteiger partial charge < -0.3 is 10.2 Å². The normalized spacial score (nSPS) is 12.8. The highest BCUT2D eigenvalue weighted by atomic mass is 32.2. The highest BCUT2D eigenvalue weighted by Crippen LogP contribution is 2.26. The fourth-order valence-corrected chi connectivity index (χ4v) is 5.89. The van der Waals surface area contributed by atoms with E-state index in [1.165, 1.54) is 10.6 Å². The molecule has 0 aromatic heterocycles. The lowest BCUT2D eigenvalue weighted by atomic mass is 10.0. The number of hydrogen-bond donors (Lipinski definition) is 1. The van der Waals surface area contributed by atoms with Crippen LogP contribution in [0, 0.1) is 20.8 Å². The monoisotopic (exact) mass is 591 g/mol. The molecule has 3 rings (SSSR count). The van der Waals surface area contributed by atoms with E-state index in [1.807, 2.05) is 101 Å². The molecule has 0 aliphatic heterocycles. The van der Waals surface area contributed by atoms with Gasteiger partial charge in [0, 0.05) is 32.0 Å². The Hall–Kier alpha value is -3.65. The number of aryl methyl sites for hydroxylation is 2. The topological polar surface area (TPSA) is 86.8 Å². The molecule has 0 spiro atoms. The van der Waals surface area contributed by atoms with Crippen molar-refractivity contribution in [2.24, 2.45) is 0 Å². The van der Waals surface area contributed by atoms with E-state index in [1.54, 1.807) is 11.0 Å². The van der Waals surface area contributed by atoms with Crippen molar-refractivity contribution in [1.82, 2.24) is 10.2 Å². The van der Waals surface area contributed by atoms with Crippen molar-refractivity contribution in [1.29, 1.82) is 0 Å². The Kier molecular flexibility index (Phi) is 11.7. The number of nitrogens with one attached hydrogen (secondary N) is 1. The summed E-state index contributed by atoms with van der Waals surface area (Å²) in [5.74, 6) is -0.382. The third-order valence-corrected chi connectivity index (χ3v) is 8.92. The Morgan fingerprint density at radius 3 is 2.17 bits per heavy atom. The van der Waals surface area contributed by atoms with Crippen LogP contribution in [0.15, 0.2) is 72.8 Å². The molecule has 0 fully saturated rings. The van der Waals surface area contributed by atoms with E-state index in [9.17, 15) is 18.0 Å². The Morgan fingerprint density at radius 1 is 0.881 bits per heavy atom. The van der Waals surface area contributed by atoms with Crippen LogP contribution in [0.4, 0.5) is 5.69 Å². The Labute approximate surface area is 252 Å². The van der Waals surface area contributed by atoms with Crippen LogP contribution in [-0.2, 0) is 32.6 Å². The number of carbonyl (C=O) groups is 2. The minimum absolute atomic E-state index is 0.0343. The minimum atomic E-state index is -3.57. The molecule has 0 saturated heterocycles. The van der Waals surface area contributed by atoms with Gasteiger partial charge in [0.25, 0.3) is 0 Å². The average molecular weight is 592 g/mol. The number of anilines is 1. The van der Waals surface area contributed by atoms with E-state index in [0.29, 0.717) is 18.5 Å². The van der Waals surface area contributed by atoms with Gasteiger partial charge >= 0.3 is 0 Å². The SMILES string of the molecule is CC[C@H](C)NC(=O)[C@@H](Cc1ccccc1)N(Cc1ccc(C)cc1)C(=O)CCCN(c1cccc(C)c1C)S(C)(=O)=O. The number of benzene rings is 3. The molecule has 3 aromatic carbocycles. The van der Waals surface area contributed by atoms with Crippen LogP contribution in [-0.4, -0.2) is 50.0 Å². The van der Waals surface area contributed by atoms with Crippen molar-refractivity contribution in [3.63, 3.8) is 0 Å². The predicted molar refractivity (Wildman–Crippen MR) is 171 cm³/mol. The summed E-state index contributed by atoms with van der Waals surface area (Å²) < 4.78 is 26.9. The first-order valence-corrected chi connectivity index (χ1v) is 16.5. The van der Waals surface area contributed by atoms with E-state index in [-0.39, 0.29) is 37.4 Å². The first-order valence-electron chi connectivity index (χ1n) is 14.6.